The number of carbonyl (C=O) groups excluding carboxylic acids is 2. The Balaban J connectivity index is 4.07. The molecule has 0 amide bonds. The van der Waals surface area contributed by atoms with Crippen LogP contribution in [0.3, 0.4) is 0 Å². The minimum atomic E-state index is -1.51. The van der Waals surface area contributed by atoms with Gasteiger partial charge in [0.2, 0.25) is 0 Å². The highest BCUT2D eigenvalue weighted by Gasteiger charge is 2.25. The third kappa shape index (κ3) is 68.2. The lowest BCUT2D eigenvalue weighted by Gasteiger charge is -2.25. The molecule has 9 nitrogen and oxygen atoms in total. The zero-order chi connectivity index (χ0) is 62.6. The summed E-state index contributed by atoms with van der Waals surface area (Å²) in [5, 5.41) is 9.76. The number of likely N-dealkylation sites (N-methyl/N-ethyl adjacent to an activating group) is 1. The number of hydrogen-bond acceptors (Lipinski definition) is 7. The molecule has 0 saturated heterocycles. The van der Waals surface area contributed by atoms with Crippen LogP contribution in [0.4, 0.5) is 0 Å². The Morgan fingerprint density at radius 3 is 0.988 bits per heavy atom. The number of quaternary nitrogens is 1. The molecule has 0 spiro atoms. The molecular formula is C77H140NO8+. The molecule has 0 aliphatic carbocycles. The van der Waals surface area contributed by atoms with Crippen LogP contribution >= 0.6 is 0 Å². The molecule has 0 fully saturated rings. The van der Waals surface area contributed by atoms with E-state index in [1.165, 1.54) is 238 Å². The van der Waals surface area contributed by atoms with Gasteiger partial charge >= 0.3 is 17.9 Å². The lowest BCUT2D eigenvalue weighted by molar-refractivity contribution is -0.870. The SMILES string of the molecule is CC/C=C\C/C=C\C/C=C\C/C=C\C/C=C\C/C=C\CCCCCCCCCCCCCCCCC(=O)OC(COC(=O)CCCCCCCCCCCCCCCCCCCCCCCCCCCCCC)COC(OCC[N+](C)(C)C)C(=O)O. The van der Waals surface area contributed by atoms with Crippen molar-refractivity contribution in [2.24, 2.45) is 0 Å². The number of nitrogens with zero attached hydrogens (tertiary/aromatic N) is 1. The highest BCUT2D eigenvalue weighted by atomic mass is 16.7. The lowest BCUT2D eigenvalue weighted by atomic mass is 10.0. The molecular weight excluding hydrogens is 1070 g/mol. The van der Waals surface area contributed by atoms with Gasteiger partial charge in [-0.3, -0.25) is 9.59 Å². The molecule has 1 N–H and O–H groups in total. The van der Waals surface area contributed by atoms with Gasteiger partial charge in [0.05, 0.1) is 34.4 Å². The Kier molecular flexibility index (Phi) is 65.1. The molecule has 0 aromatic rings. The number of aliphatic carboxylic acids is 1. The van der Waals surface area contributed by atoms with Gasteiger partial charge in [-0.1, -0.05) is 337 Å². The van der Waals surface area contributed by atoms with E-state index in [4.69, 9.17) is 18.9 Å². The second-order valence-electron chi connectivity index (χ2n) is 25.9. The maximum Gasteiger partial charge on any atom is 0.361 e. The fourth-order valence-electron chi connectivity index (χ4n) is 10.7. The Hall–Kier alpha value is -3.27. The van der Waals surface area contributed by atoms with Gasteiger partial charge in [-0.15, -0.1) is 0 Å². The van der Waals surface area contributed by atoms with Crippen LogP contribution in [0.25, 0.3) is 0 Å². The van der Waals surface area contributed by atoms with Crippen LogP contribution in [-0.4, -0.2) is 87.4 Å². The number of rotatable bonds is 68. The van der Waals surface area contributed by atoms with Gasteiger partial charge in [-0.25, -0.2) is 4.79 Å². The summed E-state index contributed by atoms with van der Waals surface area (Å²) in [5.41, 5.74) is 0. The first-order valence-corrected chi connectivity index (χ1v) is 36.6. The van der Waals surface area contributed by atoms with E-state index in [0.717, 1.165) is 77.0 Å². The van der Waals surface area contributed by atoms with E-state index in [9.17, 15) is 19.5 Å². The van der Waals surface area contributed by atoms with Crippen LogP contribution in [0.2, 0.25) is 0 Å². The predicted octanol–water partition coefficient (Wildman–Crippen LogP) is 22.9. The summed E-state index contributed by atoms with van der Waals surface area (Å²) in [5.74, 6) is -1.98. The summed E-state index contributed by atoms with van der Waals surface area (Å²) in [6.07, 6.45) is 87.4. The molecule has 0 heterocycles. The molecule has 0 rings (SSSR count). The average molecular weight is 1210 g/mol. The number of unbranched alkanes of at least 4 members (excludes halogenated alkanes) is 41. The van der Waals surface area contributed by atoms with Crippen molar-refractivity contribution in [3.63, 3.8) is 0 Å². The van der Waals surface area contributed by atoms with Gasteiger partial charge in [-0.2, -0.15) is 0 Å². The first-order chi connectivity index (χ1) is 42.1. The Bertz CT molecular complexity index is 1640. The molecule has 500 valence electrons. The second-order valence-corrected chi connectivity index (χ2v) is 25.9. The van der Waals surface area contributed by atoms with Crippen LogP contribution in [-0.2, 0) is 33.3 Å². The summed E-state index contributed by atoms with van der Waals surface area (Å²) in [6, 6.07) is 0. The van der Waals surface area contributed by atoms with Gasteiger partial charge in [0, 0.05) is 12.8 Å². The molecule has 0 aromatic carbocycles. The predicted molar refractivity (Wildman–Crippen MR) is 369 cm³/mol. The van der Waals surface area contributed by atoms with Gasteiger partial charge in [0.15, 0.2) is 6.10 Å². The topological polar surface area (TPSA) is 108 Å². The molecule has 0 aliphatic rings. The first-order valence-electron chi connectivity index (χ1n) is 36.6. The summed E-state index contributed by atoms with van der Waals surface area (Å²) in [7, 11) is 5.99. The molecule has 0 aliphatic heterocycles. The number of carboxylic acids is 1. The van der Waals surface area contributed by atoms with Crippen molar-refractivity contribution in [2.75, 3.05) is 47.5 Å². The Labute approximate surface area is 532 Å². The minimum absolute atomic E-state index is 0.180. The molecule has 2 unspecified atom stereocenters. The molecule has 9 heteroatoms. The van der Waals surface area contributed by atoms with Crippen molar-refractivity contribution in [1.29, 1.82) is 0 Å². The normalized spacial score (nSPS) is 13.1. The lowest BCUT2D eigenvalue weighted by Crippen LogP contribution is -2.40. The average Bonchev–Trinajstić information content (AvgIpc) is 3.64. The van der Waals surface area contributed by atoms with Crippen LogP contribution in [0.5, 0.6) is 0 Å². The van der Waals surface area contributed by atoms with Crippen molar-refractivity contribution >= 4 is 17.9 Å². The van der Waals surface area contributed by atoms with Gasteiger partial charge < -0.3 is 28.5 Å². The quantitative estimate of drug-likeness (QED) is 0.0211. The smallest absolute Gasteiger partial charge is 0.361 e. The van der Waals surface area contributed by atoms with Crippen LogP contribution < -0.4 is 0 Å². The van der Waals surface area contributed by atoms with Crippen molar-refractivity contribution < 1.29 is 42.9 Å². The number of carbonyl (C=O) groups is 3. The summed E-state index contributed by atoms with van der Waals surface area (Å²) in [4.78, 5) is 37.7. The maximum absolute atomic E-state index is 13.0. The van der Waals surface area contributed by atoms with Crippen LogP contribution in [0, 0.1) is 0 Å². The number of allylic oxidation sites excluding steroid dienone is 12. The summed E-state index contributed by atoms with van der Waals surface area (Å²) < 4.78 is 23.0. The number of hydrogen-bond donors (Lipinski definition) is 1. The van der Waals surface area contributed by atoms with E-state index >= 15 is 0 Å². The highest BCUT2D eigenvalue weighted by molar-refractivity contribution is 5.71. The fraction of sp³-hybridized carbons (Fsp3) is 0.805. The van der Waals surface area contributed by atoms with Crippen LogP contribution in [0.15, 0.2) is 72.9 Å². The molecule has 2 atom stereocenters. The Morgan fingerprint density at radius 2 is 0.663 bits per heavy atom. The second kappa shape index (κ2) is 67.7. The van der Waals surface area contributed by atoms with E-state index in [1.54, 1.807) is 0 Å². The van der Waals surface area contributed by atoms with Crippen molar-refractivity contribution in [3.05, 3.63) is 72.9 Å². The van der Waals surface area contributed by atoms with E-state index in [1.807, 2.05) is 21.1 Å². The van der Waals surface area contributed by atoms with Gasteiger partial charge in [0.1, 0.15) is 13.2 Å². The summed E-state index contributed by atoms with van der Waals surface area (Å²) >= 11 is 0. The fourth-order valence-corrected chi connectivity index (χ4v) is 10.7. The Morgan fingerprint density at radius 1 is 0.360 bits per heavy atom. The van der Waals surface area contributed by atoms with Gasteiger partial charge in [0.25, 0.3) is 6.29 Å². The minimum Gasteiger partial charge on any atom is -0.477 e. The number of ether oxygens (including phenoxy) is 4. The molecule has 0 bridgehead atoms. The summed E-state index contributed by atoms with van der Waals surface area (Å²) in [6.45, 7) is 4.82. The van der Waals surface area contributed by atoms with E-state index in [-0.39, 0.29) is 32.2 Å². The highest BCUT2D eigenvalue weighted by Crippen LogP contribution is 2.19. The van der Waals surface area contributed by atoms with E-state index < -0.39 is 24.3 Å². The van der Waals surface area contributed by atoms with Crippen molar-refractivity contribution in [1.82, 2.24) is 0 Å². The molecule has 0 radical (unpaired) electrons. The van der Waals surface area contributed by atoms with Crippen molar-refractivity contribution in [3.8, 4) is 0 Å². The number of esters is 2. The zero-order valence-electron chi connectivity index (χ0n) is 57.2. The first kappa shape index (κ1) is 82.7. The third-order valence-corrected chi connectivity index (χ3v) is 16.2. The van der Waals surface area contributed by atoms with Crippen molar-refractivity contribution in [2.45, 2.75) is 354 Å². The monoisotopic (exact) mass is 1210 g/mol. The molecule has 0 aromatic heterocycles. The largest absolute Gasteiger partial charge is 0.477 e. The van der Waals surface area contributed by atoms with E-state index in [0.29, 0.717) is 17.4 Å². The van der Waals surface area contributed by atoms with Crippen LogP contribution in [0.1, 0.15) is 341 Å². The maximum atomic E-state index is 13.0. The van der Waals surface area contributed by atoms with Gasteiger partial charge in [-0.05, 0) is 64.2 Å². The molecule has 0 saturated carbocycles. The van der Waals surface area contributed by atoms with E-state index in [2.05, 4.69) is 86.8 Å². The standard InChI is InChI=1S/C77H139NO8/c1-6-8-10-12-14-16-18-20-22-24-26-28-30-32-34-36-37-38-39-40-42-44-46-48-50-52-54-56-58-60-62-64-66-68-75(80)86-73(72-85-77(76(81)82)83-70-69-78(3,4)5)71-84-74(79)67-65-63-61-59-57-55-53-51-49-47-45-43-41-35-33-31-29-27-25-23-21-19-17-15-13-11-9-7-2/h8,10,14,16,20,22,26,28,32,34,37-38,73,77H,6-7,9,11-13,15,17-19,21,23-25,27,29-31,33,35-36,39-72H2,1-5H3/p+1/b10-8-,16-14-,22-20-,28-26-,34-32-,38-37-. The third-order valence-electron chi connectivity index (χ3n) is 16.2. The number of carboxylic acid groups (broad SMARTS) is 1. The zero-order valence-corrected chi connectivity index (χ0v) is 57.2. The molecule has 86 heavy (non-hydrogen) atoms.